The van der Waals surface area contributed by atoms with E-state index in [1.807, 2.05) is 0 Å². The van der Waals surface area contributed by atoms with Crippen LogP contribution in [0.3, 0.4) is 0 Å². The molecule has 0 saturated carbocycles. The first-order valence-corrected chi connectivity index (χ1v) is 5.35. The van der Waals surface area contributed by atoms with Gasteiger partial charge in [0, 0.05) is 12.3 Å². The topological polar surface area (TPSA) is 24.9 Å². The molecular formula is C10H11FN2S. The highest BCUT2D eigenvalue weighted by Gasteiger charge is 1.93. The van der Waals surface area contributed by atoms with Gasteiger partial charge in [-0.2, -0.15) is 0 Å². The molecule has 1 rings (SSSR count). The van der Waals surface area contributed by atoms with E-state index in [2.05, 4.69) is 16.2 Å². The third kappa shape index (κ3) is 4.15. The molecule has 0 aliphatic heterocycles. The molecule has 0 fully saturated rings. The van der Waals surface area contributed by atoms with Crippen LogP contribution in [-0.4, -0.2) is 23.0 Å². The lowest BCUT2D eigenvalue weighted by Crippen LogP contribution is -2.05. The molecule has 1 heterocycles. The summed E-state index contributed by atoms with van der Waals surface area (Å²) in [5.41, 5.74) is 0. The molecule has 0 aliphatic rings. The molecule has 0 bridgehead atoms. The maximum absolute atomic E-state index is 12.5. The van der Waals surface area contributed by atoms with Gasteiger partial charge < -0.3 is 5.32 Å². The van der Waals surface area contributed by atoms with Gasteiger partial charge in [-0.15, -0.1) is 18.2 Å². The number of rotatable bonds is 5. The van der Waals surface area contributed by atoms with Gasteiger partial charge in [0.2, 0.25) is 0 Å². The van der Waals surface area contributed by atoms with Crippen LogP contribution in [0.5, 0.6) is 0 Å². The third-order valence-corrected chi connectivity index (χ3v) is 2.33. The van der Waals surface area contributed by atoms with Crippen molar-refractivity contribution in [3.63, 3.8) is 0 Å². The molecule has 0 radical (unpaired) electrons. The Labute approximate surface area is 87.3 Å². The van der Waals surface area contributed by atoms with Gasteiger partial charge in [-0.3, -0.25) is 0 Å². The monoisotopic (exact) mass is 210 g/mol. The minimum Gasteiger partial charge on any atom is -0.369 e. The highest BCUT2D eigenvalue weighted by Crippen LogP contribution is 2.04. The van der Waals surface area contributed by atoms with Gasteiger partial charge in [-0.25, -0.2) is 9.37 Å². The fourth-order valence-electron chi connectivity index (χ4n) is 0.863. The van der Waals surface area contributed by atoms with E-state index in [0.717, 1.165) is 18.1 Å². The summed E-state index contributed by atoms with van der Waals surface area (Å²) in [7, 11) is 0. The predicted molar refractivity (Wildman–Crippen MR) is 58.8 cm³/mol. The van der Waals surface area contributed by atoms with Crippen molar-refractivity contribution in [2.45, 2.75) is 0 Å². The van der Waals surface area contributed by atoms with Crippen LogP contribution in [0, 0.1) is 18.2 Å². The zero-order valence-electron chi connectivity index (χ0n) is 7.66. The molecule has 0 saturated heterocycles. The van der Waals surface area contributed by atoms with Crippen LogP contribution in [-0.2, 0) is 0 Å². The number of thioether (sulfide) groups is 1. The minimum atomic E-state index is -0.322. The second-order valence-electron chi connectivity index (χ2n) is 2.55. The number of terminal acetylenes is 1. The molecule has 1 aromatic heterocycles. The van der Waals surface area contributed by atoms with Crippen LogP contribution in [0.25, 0.3) is 0 Å². The average molecular weight is 210 g/mol. The van der Waals surface area contributed by atoms with Crippen molar-refractivity contribution < 1.29 is 4.39 Å². The van der Waals surface area contributed by atoms with Gasteiger partial charge in [0.05, 0.1) is 11.9 Å². The number of anilines is 1. The molecule has 0 spiro atoms. The Bertz CT molecular complexity index is 305. The first kappa shape index (κ1) is 10.9. The summed E-state index contributed by atoms with van der Waals surface area (Å²) in [6, 6.07) is 2.99. The van der Waals surface area contributed by atoms with Crippen LogP contribution in [0.15, 0.2) is 18.3 Å². The highest BCUT2D eigenvalue weighted by atomic mass is 32.2. The van der Waals surface area contributed by atoms with Crippen LogP contribution in [0.1, 0.15) is 0 Å². The summed E-state index contributed by atoms with van der Waals surface area (Å²) in [6.45, 7) is 0.783. The Morgan fingerprint density at radius 3 is 3.07 bits per heavy atom. The van der Waals surface area contributed by atoms with E-state index in [9.17, 15) is 4.39 Å². The zero-order valence-corrected chi connectivity index (χ0v) is 8.48. The number of aromatic nitrogens is 1. The summed E-state index contributed by atoms with van der Waals surface area (Å²) >= 11 is 1.68. The second kappa shape index (κ2) is 6.28. The Kier molecular flexibility index (Phi) is 4.87. The Morgan fingerprint density at radius 1 is 1.57 bits per heavy atom. The molecule has 0 unspecified atom stereocenters. The van der Waals surface area contributed by atoms with Gasteiger partial charge in [0.15, 0.2) is 0 Å². The number of pyridine rings is 1. The summed E-state index contributed by atoms with van der Waals surface area (Å²) < 4.78 is 12.5. The van der Waals surface area contributed by atoms with Crippen molar-refractivity contribution in [2.75, 3.05) is 23.4 Å². The van der Waals surface area contributed by atoms with Crippen molar-refractivity contribution in [3.05, 3.63) is 24.1 Å². The molecule has 0 atom stereocenters. The molecule has 1 N–H and O–H groups in total. The fourth-order valence-corrected chi connectivity index (χ4v) is 1.37. The molecule has 0 aromatic carbocycles. The highest BCUT2D eigenvalue weighted by molar-refractivity contribution is 7.99. The molecule has 14 heavy (non-hydrogen) atoms. The van der Waals surface area contributed by atoms with Crippen LogP contribution >= 0.6 is 11.8 Å². The molecule has 2 nitrogen and oxygen atoms in total. The molecule has 4 heteroatoms. The lowest BCUT2D eigenvalue weighted by atomic mass is 10.4. The zero-order chi connectivity index (χ0) is 10.2. The number of nitrogens with zero attached hydrogens (tertiary/aromatic N) is 1. The Hall–Kier alpha value is -1.21. The Morgan fingerprint density at radius 2 is 2.43 bits per heavy atom. The standard InChI is InChI=1S/C10H11FN2S/c1-2-6-14-7-5-12-10-4-3-9(11)8-13-10/h1,3-4,8H,5-7H2,(H,12,13). The molecule has 74 valence electrons. The third-order valence-electron chi connectivity index (χ3n) is 1.47. The van der Waals surface area contributed by atoms with Crippen molar-refractivity contribution in [3.8, 4) is 12.3 Å². The van der Waals surface area contributed by atoms with Crippen LogP contribution in [0.4, 0.5) is 10.2 Å². The van der Waals surface area contributed by atoms with E-state index in [1.165, 1.54) is 12.3 Å². The van der Waals surface area contributed by atoms with E-state index in [4.69, 9.17) is 6.42 Å². The number of halogens is 1. The summed E-state index contributed by atoms with van der Waals surface area (Å²) in [5, 5.41) is 3.06. The number of hydrogen-bond acceptors (Lipinski definition) is 3. The Balaban J connectivity index is 2.19. The normalized spacial score (nSPS) is 9.43. The average Bonchev–Trinajstić information content (AvgIpc) is 2.21. The first-order chi connectivity index (χ1) is 6.83. The number of nitrogens with one attached hydrogen (secondary N) is 1. The summed E-state index contributed by atoms with van der Waals surface area (Å²) in [5.74, 6) is 4.55. The maximum Gasteiger partial charge on any atom is 0.141 e. The molecule has 0 amide bonds. The van der Waals surface area contributed by atoms with Gasteiger partial charge in [-0.05, 0) is 12.1 Å². The summed E-state index contributed by atoms with van der Waals surface area (Å²) in [4.78, 5) is 3.86. The molecular weight excluding hydrogens is 199 g/mol. The molecule has 1 aromatic rings. The van der Waals surface area contributed by atoms with Gasteiger partial charge >= 0.3 is 0 Å². The van der Waals surface area contributed by atoms with Gasteiger partial charge in [0.25, 0.3) is 0 Å². The van der Waals surface area contributed by atoms with Crippen molar-refractivity contribution >= 4 is 17.6 Å². The van der Waals surface area contributed by atoms with E-state index in [-0.39, 0.29) is 5.82 Å². The largest absolute Gasteiger partial charge is 0.369 e. The lowest BCUT2D eigenvalue weighted by Gasteiger charge is -2.03. The quantitative estimate of drug-likeness (QED) is 0.594. The maximum atomic E-state index is 12.5. The van der Waals surface area contributed by atoms with Crippen molar-refractivity contribution in [2.24, 2.45) is 0 Å². The van der Waals surface area contributed by atoms with Crippen molar-refractivity contribution in [1.29, 1.82) is 0 Å². The number of hydrogen-bond donors (Lipinski definition) is 1. The van der Waals surface area contributed by atoms with Crippen LogP contribution < -0.4 is 5.32 Å². The van der Waals surface area contributed by atoms with E-state index >= 15 is 0 Å². The second-order valence-corrected chi connectivity index (χ2v) is 3.65. The van der Waals surface area contributed by atoms with Crippen LogP contribution in [0.2, 0.25) is 0 Å². The van der Waals surface area contributed by atoms with E-state index < -0.39 is 0 Å². The first-order valence-electron chi connectivity index (χ1n) is 4.19. The fraction of sp³-hybridized carbons (Fsp3) is 0.300. The van der Waals surface area contributed by atoms with Crippen molar-refractivity contribution in [1.82, 2.24) is 4.98 Å². The van der Waals surface area contributed by atoms with E-state index in [1.54, 1.807) is 17.8 Å². The smallest absolute Gasteiger partial charge is 0.141 e. The predicted octanol–water partition coefficient (Wildman–Crippen LogP) is 2.00. The SMILES string of the molecule is C#CCSCCNc1ccc(F)cn1. The lowest BCUT2D eigenvalue weighted by molar-refractivity contribution is 0.622. The molecule has 0 aliphatic carbocycles. The van der Waals surface area contributed by atoms with Gasteiger partial charge in [0.1, 0.15) is 11.6 Å². The van der Waals surface area contributed by atoms with Gasteiger partial charge in [-0.1, -0.05) is 5.92 Å². The van der Waals surface area contributed by atoms with E-state index in [0.29, 0.717) is 5.82 Å². The minimum absolute atomic E-state index is 0.322. The summed E-state index contributed by atoms with van der Waals surface area (Å²) in [6.07, 6.45) is 6.28.